The molecule has 3 rings (SSSR count). The molecule has 0 amide bonds. The SMILES string of the molecule is CCC1CNC(C2CCCCC2)CN1Cc1cc(Br)cs1. The molecule has 2 unspecified atom stereocenters. The lowest BCUT2D eigenvalue weighted by atomic mass is 9.82. The van der Waals surface area contributed by atoms with E-state index in [0.717, 1.165) is 18.5 Å². The first-order valence-electron chi connectivity index (χ1n) is 8.46. The zero-order valence-corrected chi connectivity index (χ0v) is 15.4. The van der Waals surface area contributed by atoms with E-state index in [-0.39, 0.29) is 0 Å². The molecule has 2 atom stereocenters. The predicted octanol–water partition coefficient (Wildman–Crippen LogP) is 4.64. The van der Waals surface area contributed by atoms with Crippen molar-refractivity contribution in [2.24, 2.45) is 5.92 Å². The van der Waals surface area contributed by atoms with Gasteiger partial charge >= 0.3 is 0 Å². The molecule has 4 heteroatoms. The van der Waals surface area contributed by atoms with E-state index in [0.29, 0.717) is 6.04 Å². The summed E-state index contributed by atoms with van der Waals surface area (Å²) in [7, 11) is 0. The van der Waals surface area contributed by atoms with E-state index in [1.807, 2.05) is 11.3 Å². The number of nitrogens with zero attached hydrogens (tertiary/aromatic N) is 1. The fourth-order valence-corrected chi connectivity index (χ4v) is 5.44. The average molecular weight is 371 g/mol. The van der Waals surface area contributed by atoms with Gasteiger partial charge in [-0.1, -0.05) is 26.2 Å². The van der Waals surface area contributed by atoms with E-state index in [1.165, 1.54) is 61.0 Å². The van der Waals surface area contributed by atoms with Crippen LogP contribution in [0.1, 0.15) is 50.3 Å². The molecule has 1 aliphatic heterocycles. The molecule has 2 nitrogen and oxygen atoms in total. The van der Waals surface area contributed by atoms with Crippen molar-refractivity contribution in [3.8, 4) is 0 Å². The summed E-state index contributed by atoms with van der Waals surface area (Å²) < 4.78 is 1.23. The summed E-state index contributed by atoms with van der Waals surface area (Å²) in [6.07, 6.45) is 8.46. The van der Waals surface area contributed by atoms with Gasteiger partial charge in [-0.15, -0.1) is 11.3 Å². The van der Waals surface area contributed by atoms with Crippen LogP contribution >= 0.6 is 27.3 Å². The highest BCUT2D eigenvalue weighted by Crippen LogP contribution is 2.30. The van der Waals surface area contributed by atoms with E-state index in [2.05, 4.69) is 44.5 Å². The molecular formula is C17H27BrN2S. The number of halogens is 1. The third kappa shape index (κ3) is 4.10. The maximum atomic E-state index is 3.86. The zero-order chi connectivity index (χ0) is 14.7. The number of rotatable bonds is 4. The van der Waals surface area contributed by atoms with Crippen molar-refractivity contribution >= 4 is 27.3 Å². The minimum atomic E-state index is 0.700. The second-order valence-electron chi connectivity index (χ2n) is 6.64. The van der Waals surface area contributed by atoms with Crippen molar-refractivity contribution in [3.05, 3.63) is 20.8 Å². The highest BCUT2D eigenvalue weighted by atomic mass is 79.9. The van der Waals surface area contributed by atoms with Crippen molar-refractivity contribution in [2.45, 2.75) is 64.1 Å². The average Bonchev–Trinajstić information content (AvgIpc) is 2.93. The molecule has 0 radical (unpaired) electrons. The minimum absolute atomic E-state index is 0.700. The van der Waals surface area contributed by atoms with Crippen LogP contribution in [0, 0.1) is 5.92 Å². The van der Waals surface area contributed by atoms with Gasteiger partial charge < -0.3 is 5.32 Å². The molecule has 2 fully saturated rings. The van der Waals surface area contributed by atoms with Gasteiger partial charge in [-0.05, 0) is 47.2 Å². The maximum Gasteiger partial charge on any atom is 0.0332 e. The van der Waals surface area contributed by atoms with E-state index in [9.17, 15) is 0 Å². The van der Waals surface area contributed by atoms with Gasteiger partial charge in [0.05, 0.1) is 0 Å². The maximum absolute atomic E-state index is 3.86. The van der Waals surface area contributed by atoms with Crippen molar-refractivity contribution in [2.75, 3.05) is 13.1 Å². The lowest BCUT2D eigenvalue weighted by Gasteiger charge is -2.43. The number of nitrogens with one attached hydrogen (secondary N) is 1. The van der Waals surface area contributed by atoms with E-state index in [1.54, 1.807) is 0 Å². The van der Waals surface area contributed by atoms with Gasteiger partial charge in [-0.3, -0.25) is 4.90 Å². The molecule has 1 aromatic heterocycles. The lowest BCUT2D eigenvalue weighted by molar-refractivity contribution is 0.0882. The third-order valence-electron chi connectivity index (χ3n) is 5.23. The Bertz CT molecular complexity index is 442. The molecule has 1 saturated carbocycles. The summed E-state index contributed by atoms with van der Waals surface area (Å²) in [4.78, 5) is 4.22. The minimum Gasteiger partial charge on any atom is -0.311 e. The molecule has 0 bridgehead atoms. The smallest absolute Gasteiger partial charge is 0.0332 e. The second-order valence-corrected chi connectivity index (χ2v) is 8.55. The van der Waals surface area contributed by atoms with Crippen LogP contribution < -0.4 is 5.32 Å². The number of piperazine rings is 1. The van der Waals surface area contributed by atoms with Gasteiger partial charge in [0.2, 0.25) is 0 Å². The van der Waals surface area contributed by atoms with Crippen molar-refractivity contribution in [1.82, 2.24) is 10.2 Å². The van der Waals surface area contributed by atoms with E-state index < -0.39 is 0 Å². The fraction of sp³-hybridized carbons (Fsp3) is 0.765. The van der Waals surface area contributed by atoms with Gasteiger partial charge in [0.25, 0.3) is 0 Å². The summed E-state index contributed by atoms with van der Waals surface area (Å²) >= 11 is 5.47. The molecule has 1 saturated heterocycles. The summed E-state index contributed by atoms with van der Waals surface area (Å²) in [6, 6.07) is 3.71. The summed E-state index contributed by atoms with van der Waals surface area (Å²) in [6.45, 7) is 5.85. The quantitative estimate of drug-likeness (QED) is 0.829. The lowest BCUT2D eigenvalue weighted by Crippen LogP contribution is -2.58. The molecular weight excluding hydrogens is 344 g/mol. The monoisotopic (exact) mass is 370 g/mol. The first kappa shape index (κ1) is 16.0. The van der Waals surface area contributed by atoms with Crippen LogP contribution in [-0.4, -0.2) is 30.1 Å². The molecule has 2 aliphatic rings. The highest BCUT2D eigenvalue weighted by Gasteiger charge is 2.32. The van der Waals surface area contributed by atoms with Crippen LogP contribution in [-0.2, 0) is 6.54 Å². The van der Waals surface area contributed by atoms with Crippen LogP contribution in [0.15, 0.2) is 15.9 Å². The Hall–Kier alpha value is 0.1000. The molecule has 1 aromatic rings. The van der Waals surface area contributed by atoms with Gasteiger partial charge in [-0.2, -0.15) is 0 Å². The summed E-state index contributed by atoms with van der Waals surface area (Å²) in [5, 5.41) is 6.07. The number of hydrogen-bond donors (Lipinski definition) is 1. The predicted molar refractivity (Wildman–Crippen MR) is 94.9 cm³/mol. The van der Waals surface area contributed by atoms with Crippen LogP contribution in [0.25, 0.3) is 0 Å². The Kier molecular flexibility index (Phi) is 5.77. The Morgan fingerprint density at radius 3 is 2.81 bits per heavy atom. The van der Waals surface area contributed by atoms with Gasteiger partial charge in [-0.25, -0.2) is 0 Å². The largest absolute Gasteiger partial charge is 0.311 e. The van der Waals surface area contributed by atoms with Crippen LogP contribution in [0.4, 0.5) is 0 Å². The normalized spacial score (nSPS) is 28.9. The van der Waals surface area contributed by atoms with Crippen LogP contribution in [0.3, 0.4) is 0 Å². The molecule has 118 valence electrons. The van der Waals surface area contributed by atoms with E-state index >= 15 is 0 Å². The highest BCUT2D eigenvalue weighted by molar-refractivity contribution is 9.10. The molecule has 1 N–H and O–H groups in total. The Morgan fingerprint density at radius 1 is 1.33 bits per heavy atom. The molecule has 0 aromatic carbocycles. The summed E-state index contributed by atoms with van der Waals surface area (Å²) in [5.41, 5.74) is 0. The van der Waals surface area contributed by atoms with Gasteiger partial charge in [0.1, 0.15) is 0 Å². The summed E-state index contributed by atoms with van der Waals surface area (Å²) in [5.74, 6) is 0.911. The molecule has 0 spiro atoms. The fourth-order valence-electron chi connectivity index (χ4n) is 3.97. The Morgan fingerprint density at radius 2 is 2.14 bits per heavy atom. The Labute approximate surface area is 141 Å². The zero-order valence-electron chi connectivity index (χ0n) is 13.0. The van der Waals surface area contributed by atoms with Gasteiger partial charge in [0.15, 0.2) is 0 Å². The molecule has 2 heterocycles. The Balaban J connectivity index is 1.63. The first-order chi connectivity index (χ1) is 10.3. The first-order valence-corrected chi connectivity index (χ1v) is 10.1. The van der Waals surface area contributed by atoms with E-state index in [4.69, 9.17) is 0 Å². The topological polar surface area (TPSA) is 15.3 Å². The third-order valence-corrected chi connectivity index (χ3v) is 6.92. The van der Waals surface area contributed by atoms with Crippen molar-refractivity contribution in [1.29, 1.82) is 0 Å². The number of hydrogen-bond acceptors (Lipinski definition) is 3. The van der Waals surface area contributed by atoms with Crippen molar-refractivity contribution < 1.29 is 0 Å². The second kappa shape index (κ2) is 7.58. The van der Waals surface area contributed by atoms with Crippen LogP contribution in [0.2, 0.25) is 0 Å². The molecule has 21 heavy (non-hydrogen) atoms. The van der Waals surface area contributed by atoms with Gasteiger partial charge in [0, 0.05) is 46.4 Å². The standard InChI is InChI=1S/C17H27BrN2S/c1-2-15-9-19-17(13-6-4-3-5-7-13)11-20(15)10-16-8-14(18)12-21-16/h8,12-13,15,17,19H,2-7,9-11H2,1H3. The van der Waals surface area contributed by atoms with Crippen molar-refractivity contribution in [3.63, 3.8) is 0 Å². The molecule has 1 aliphatic carbocycles. The van der Waals surface area contributed by atoms with Crippen LogP contribution in [0.5, 0.6) is 0 Å². The number of thiophene rings is 1.